The minimum atomic E-state index is -1.42. The average molecular weight is 783 g/mol. The summed E-state index contributed by atoms with van der Waals surface area (Å²) in [5.41, 5.74) is 2.57. The number of aliphatic hydroxyl groups excluding tert-OH is 3. The lowest BCUT2D eigenvalue weighted by Gasteiger charge is -2.59. The van der Waals surface area contributed by atoms with Crippen molar-refractivity contribution < 1.29 is 48.6 Å². The van der Waals surface area contributed by atoms with Gasteiger partial charge in [0.05, 0.1) is 44.7 Å². The van der Waals surface area contributed by atoms with E-state index in [1.165, 1.54) is 7.11 Å². The van der Waals surface area contributed by atoms with E-state index in [9.17, 15) is 20.1 Å². The van der Waals surface area contributed by atoms with Crippen LogP contribution in [0.4, 0.5) is 4.79 Å². The van der Waals surface area contributed by atoms with Gasteiger partial charge in [-0.1, -0.05) is 30.1 Å². The Morgan fingerprint density at radius 1 is 1.04 bits per heavy atom. The summed E-state index contributed by atoms with van der Waals surface area (Å²) in [7, 11) is 1.52. The van der Waals surface area contributed by atoms with Crippen molar-refractivity contribution >= 4 is 23.6 Å². The van der Waals surface area contributed by atoms with E-state index in [2.05, 4.69) is 23.9 Å². The number of thioether (sulfide) groups is 1. The number of amides is 1. The van der Waals surface area contributed by atoms with Crippen LogP contribution in [0.1, 0.15) is 63.4 Å². The molecule has 0 bridgehead atoms. The molecule has 0 radical (unpaired) electrons. The number of carbonyl (C=O) groups excluding carboxylic acids is 1. The summed E-state index contributed by atoms with van der Waals surface area (Å²) in [5.74, 6) is 0.0690. The van der Waals surface area contributed by atoms with E-state index in [-0.39, 0.29) is 77.0 Å². The van der Waals surface area contributed by atoms with E-state index in [1.807, 2.05) is 42.7 Å². The number of benzene rings is 2. The zero-order valence-corrected chi connectivity index (χ0v) is 33.2. The predicted octanol–water partition coefficient (Wildman–Crippen LogP) is 6.93. The molecular weight excluding hydrogens is 725 g/mol. The number of allylic oxidation sites excluding steroid dienone is 1. The van der Waals surface area contributed by atoms with Crippen molar-refractivity contribution in [3.05, 3.63) is 72.3 Å². The fourth-order valence-corrected chi connectivity index (χ4v) is 8.92. The molecule has 0 saturated heterocycles. The van der Waals surface area contributed by atoms with E-state index in [0.29, 0.717) is 35.8 Å². The molecule has 6 atom stereocenters. The van der Waals surface area contributed by atoms with Crippen LogP contribution in [0.3, 0.4) is 0 Å². The molecule has 1 amide bonds. The van der Waals surface area contributed by atoms with Crippen LogP contribution >= 0.6 is 11.8 Å². The summed E-state index contributed by atoms with van der Waals surface area (Å²) in [6, 6.07) is 13.1. The maximum absolute atomic E-state index is 14.0. The normalized spacial score (nSPS) is 24.6. The van der Waals surface area contributed by atoms with Gasteiger partial charge in [-0.25, -0.2) is 4.79 Å². The number of aliphatic hydroxyl groups is 3. The zero-order chi connectivity index (χ0) is 39.2. The van der Waals surface area contributed by atoms with Crippen LogP contribution < -0.4 is 9.47 Å². The SMILES string of the molecule is C=CCO[C@@]12Oc3ccc(Oc4ccc(SC)cc4)cc3[C@H]3[C@H](CCCCO)[C@@H](CCCCO)C=C(C(=NOC)C[C@@H]1N(CCOCCO)C(=O)OCC)[C@H]32. The van der Waals surface area contributed by atoms with Gasteiger partial charge in [0.1, 0.15) is 30.4 Å². The minimum absolute atomic E-state index is 0.0657. The van der Waals surface area contributed by atoms with Crippen LogP contribution in [0.15, 0.2) is 76.8 Å². The smallest absolute Gasteiger partial charge is 0.410 e. The molecule has 3 aliphatic rings. The fraction of sp³-hybridized carbons (Fsp3) is 0.571. The Morgan fingerprint density at radius 2 is 1.78 bits per heavy atom. The number of nitrogens with zero attached hydrogens (tertiary/aromatic N) is 2. The summed E-state index contributed by atoms with van der Waals surface area (Å²) in [6.07, 6.45) is 10.3. The second kappa shape index (κ2) is 21.1. The Morgan fingerprint density at radius 3 is 2.45 bits per heavy atom. The van der Waals surface area contributed by atoms with Crippen molar-refractivity contribution in [1.29, 1.82) is 0 Å². The van der Waals surface area contributed by atoms with E-state index in [1.54, 1.807) is 29.7 Å². The van der Waals surface area contributed by atoms with Gasteiger partial charge in [-0.2, -0.15) is 0 Å². The number of carbonyl (C=O) groups is 1. The summed E-state index contributed by atoms with van der Waals surface area (Å²) in [4.78, 5) is 22.2. The Bertz CT molecular complexity index is 1600. The van der Waals surface area contributed by atoms with Crippen molar-refractivity contribution in [2.24, 2.45) is 22.9 Å². The number of unbranched alkanes of at least 4 members (excludes halogenated alkanes) is 2. The van der Waals surface area contributed by atoms with E-state index < -0.39 is 23.8 Å². The molecular formula is C42H58N2O10S. The molecule has 0 unspecified atom stereocenters. The van der Waals surface area contributed by atoms with Gasteiger partial charge in [-0.15, -0.1) is 18.3 Å². The quantitative estimate of drug-likeness (QED) is 0.0494. The van der Waals surface area contributed by atoms with Crippen LogP contribution in [0.5, 0.6) is 17.2 Å². The molecule has 13 heteroatoms. The largest absolute Gasteiger partial charge is 0.459 e. The molecule has 1 fully saturated rings. The Balaban J connectivity index is 1.74. The van der Waals surface area contributed by atoms with Gasteiger partial charge >= 0.3 is 6.09 Å². The maximum atomic E-state index is 14.0. The first-order valence-electron chi connectivity index (χ1n) is 19.4. The molecule has 12 nitrogen and oxygen atoms in total. The number of hydrogen-bond acceptors (Lipinski definition) is 12. The van der Waals surface area contributed by atoms with Crippen LogP contribution in [-0.4, -0.2) is 110 Å². The van der Waals surface area contributed by atoms with Crippen LogP contribution in [0, 0.1) is 17.8 Å². The van der Waals surface area contributed by atoms with Crippen LogP contribution in [0.2, 0.25) is 0 Å². The first kappa shape index (κ1) is 42.6. The van der Waals surface area contributed by atoms with Gasteiger partial charge in [0.25, 0.3) is 0 Å². The molecule has 55 heavy (non-hydrogen) atoms. The molecule has 2 aromatic carbocycles. The van der Waals surface area contributed by atoms with Crippen molar-refractivity contribution in [2.75, 3.05) is 66.2 Å². The van der Waals surface area contributed by atoms with E-state index in [4.69, 9.17) is 28.5 Å². The first-order chi connectivity index (χ1) is 26.9. The molecule has 1 aliphatic heterocycles. The Kier molecular flexibility index (Phi) is 16.3. The second-order valence-electron chi connectivity index (χ2n) is 14.0. The number of rotatable bonds is 22. The van der Waals surface area contributed by atoms with Gasteiger partial charge in [0.15, 0.2) is 0 Å². The monoisotopic (exact) mass is 782 g/mol. The molecule has 2 aromatic rings. The van der Waals surface area contributed by atoms with Crippen molar-refractivity contribution in [2.45, 2.75) is 74.5 Å². The summed E-state index contributed by atoms with van der Waals surface area (Å²) in [5, 5.41) is 33.7. The predicted molar refractivity (Wildman–Crippen MR) is 212 cm³/mol. The lowest BCUT2D eigenvalue weighted by molar-refractivity contribution is -0.256. The molecule has 302 valence electrons. The fourth-order valence-electron chi connectivity index (χ4n) is 8.51. The Hall–Kier alpha value is -3.59. The summed E-state index contributed by atoms with van der Waals surface area (Å²) < 4.78 is 31.9. The lowest BCUT2D eigenvalue weighted by atomic mass is 9.55. The number of oxime groups is 1. The molecule has 1 saturated carbocycles. The highest BCUT2D eigenvalue weighted by Gasteiger charge is 2.65. The topological polar surface area (TPSA) is 149 Å². The van der Waals surface area contributed by atoms with Crippen LogP contribution in [-0.2, 0) is 19.0 Å². The molecule has 3 N–H and O–H groups in total. The Labute approximate surface area is 329 Å². The molecule has 2 aliphatic carbocycles. The van der Waals surface area contributed by atoms with Gasteiger partial charge in [-0.05, 0) is 98.7 Å². The van der Waals surface area contributed by atoms with Gasteiger partial charge in [-0.3, -0.25) is 4.90 Å². The van der Waals surface area contributed by atoms with Crippen molar-refractivity contribution in [3.8, 4) is 17.2 Å². The first-order valence-corrected chi connectivity index (χ1v) is 20.7. The molecule has 0 spiro atoms. The summed E-state index contributed by atoms with van der Waals surface area (Å²) >= 11 is 1.67. The second-order valence-corrected chi connectivity index (χ2v) is 14.8. The third-order valence-electron chi connectivity index (χ3n) is 10.7. The lowest BCUT2D eigenvalue weighted by Crippen LogP contribution is -2.70. The van der Waals surface area contributed by atoms with Gasteiger partial charge in [0, 0.05) is 42.6 Å². The van der Waals surface area contributed by atoms with E-state index in [0.717, 1.165) is 41.7 Å². The summed E-state index contributed by atoms with van der Waals surface area (Å²) in [6.45, 7) is 6.50. The third kappa shape index (κ3) is 9.87. The zero-order valence-electron chi connectivity index (χ0n) is 32.4. The van der Waals surface area contributed by atoms with Gasteiger partial charge in [0.2, 0.25) is 5.79 Å². The number of ether oxygens (including phenoxy) is 5. The third-order valence-corrected chi connectivity index (χ3v) is 11.5. The molecule has 1 heterocycles. The van der Waals surface area contributed by atoms with Gasteiger partial charge < -0.3 is 43.8 Å². The van der Waals surface area contributed by atoms with Crippen molar-refractivity contribution in [1.82, 2.24) is 4.90 Å². The maximum Gasteiger partial charge on any atom is 0.410 e. The molecule has 0 aromatic heterocycles. The van der Waals surface area contributed by atoms with Crippen molar-refractivity contribution in [3.63, 3.8) is 0 Å². The van der Waals surface area contributed by atoms with Crippen LogP contribution in [0.25, 0.3) is 0 Å². The number of hydrogen-bond donors (Lipinski definition) is 3. The standard InChI is InChI=1S/C42H58N2O10S/c1-5-23-52-42-38(44(41(48)51-6-2)19-24-50-25-22-47)28-36(43-49-3)34-26-29(11-7-9-20-45)33(12-8-10-21-46)39(40(34)42)35-27-31(15-18-37(35)54-42)53-30-13-16-32(55-4)17-14-30/h5,13-18,26-27,29,33,38-40,45-47H,1,6-12,19-25,28H2,2-4H3/t29-,33+,38-,39+,40+,42+/m0/s1. The van der Waals surface area contributed by atoms with E-state index >= 15 is 0 Å². The molecule has 5 rings (SSSR count). The highest BCUT2D eigenvalue weighted by Crippen LogP contribution is 2.62. The number of fused-ring (bicyclic) bond motifs is 2. The minimum Gasteiger partial charge on any atom is -0.459 e. The highest BCUT2D eigenvalue weighted by atomic mass is 32.2. The average Bonchev–Trinajstić information content (AvgIpc) is 3.19. The highest BCUT2D eigenvalue weighted by molar-refractivity contribution is 7.98.